The molecular weight excluding hydrogens is 236 g/mol. The Morgan fingerprint density at radius 2 is 1.79 bits per heavy atom. The highest BCUT2D eigenvalue weighted by Crippen LogP contribution is 2.23. The van der Waals surface area contributed by atoms with Gasteiger partial charge in [0.15, 0.2) is 0 Å². The van der Waals surface area contributed by atoms with Crippen molar-refractivity contribution in [3.05, 3.63) is 24.3 Å². The SMILES string of the molecule is COCC(Nc1ccc(N2CCCC2)cc1)C(C)C. The summed E-state index contributed by atoms with van der Waals surface area (Å²) in [5, 5.41) is 3.55. The van der Waals surface area contributed by atoms with Gasteiger partial charge in [0, 0.05) is 31.6 Å². The third kappa shape index (κ3) is 3.87. The van der Waals surface area contributed by atoms with Crippen molar-refractivity contribution in [2.75, 3.05) is 37.0 Å². The molecule has 0 radical (unpaired) electrons. The van der Waals surface area contributed by atoms with Crippen LogP contribution in [0.5, 0.6) is 0 Å². The third-order valence-electron chi connectivity index (χ3n) is 3.84. The Kier molecular flexibility index (Phi) is 5.08. The number of hydrogen-bond acceptors (Lipinski definition) is 3. The number of benzene rings is 1. The van der Waals surface area contributed by atoms with Crippen molar-refractivity contribution in [3.8, 4) is 0 Å². The molecule has 0 spiro atoms. The van der Waals surface area contributed by atoms with Crippen LogP contribution in [-0.2, 0) is 4.74 Å². The zero-order valence-corrected chi connectivity index (χ0v) is 12.4. The van der Waals surface area contributed by atoms with Crippen LogP contribution in [-0.4, -0.2) is 32.8 Å². The lowest BCUT2D eigenvalue weighted by molar-refractivity contribution is 0.171. The predicted molar refractivity (Wildman–Crippen MR) is 82.0 cm³/mol. The second-order valence-electron chi connectivity index (χ2n) is 5.69. The highest BCUT2D eigenvalue weighted by molar-refractivity contribution is 5.55. The smallest absolute Gasteiger partial charge is 0.0666 e. The number of nitrogens with zero attached hydrogens (tertiary/aromatic N) is 1. The van der Waals surface area contributed by atoms with Crippen molar-refractivity contribution in [1.29, 1.82) is 0 Å². The molecule has 1 fully saturated rings. The Morgan fingerprint density at radius 1 is 1.16 bits per heavy atom. The highest BCUT2D eigenvalue weighted by atomic mass is 16.5. The van der Waals surface area contributed by atoms with Crippen LogP contribution in [0.15, 0.2) is 24.3 Å². The van der Waals surface area contributed by atoms with E-state index in [1.807, 2.05) is 0 Å². The molecule has 0 aliphatic carbocycles. The largest absolute Gasteiger partial charge is 0.383 e. The molecule has 1 heterocycles. The van der Waals surface area contributed by atoms with E-state index in [0.29, 0.717) is 12.0 Å². The number of rotatable bonds is 6. The van der Waals surface area contributed by atoms with Gasteiger partial charge in [-0.25, -0.2) is 0 Å². The van der Waals surface area contributed by atoms with E-state index in [0.717, 1.165) is 6.61 Å². The van der Waals surface area contributed by atoms with Crippen LogP contribution in [0.1, 0.15) is 26.7 Å². The summed E-state index contributed by atoms with van der Waals surface area (Å²) in [4.78, 5) is 2.46. The second kappa shape index (κ2) is 6.80. The Balaban J connectivity index is 1.97. The van der Waals surface area contributed by atoms with Crippen LogP contribution in [0.2, 0.25) is 0 Å². The minimum absolute atomic E-state index is 0.364. The minimum atomic E-state index is 0.364. The highest BCUT2D eigenvalue weighted by Gasteiger charge is 2.14. The van der Waals surface area contributed by atoms with Crippen LogP contribution >= 0.6 is 0 Å². The standard InChI is InChI=1S/C16H26N2O/c1-13(2)16(12-19-3)17-14-6-8-15(9-7-14)18-10-4-5-11-18/h6-9,13,16-17H,4-5,10-12H2,1-3H3. The lowest BCUT2D eigenvalue weighted by Crippen LogP contribution is -2.30. The van der Waals surface area contributed by atoms with E-state index in [1.54, 1.807) is 7.11 Å². The van der Waals surface area contributed by atoms with Gasteiger partial charge >= 0.3 is 0 Å². The maximum atomic E-state index is 5.27. The van der Waals surface area contributed by atoms with E-state index >= 15 is 0 Å². The topological polar surface area (TPSA) is 24.5 Å². The van der Waals surface area contributed by atoms with Gasteiger partial charge in [-0.15, -0.1) is 0 Å². The van der Waals surface area contributed by atoms with E-state index in [9.17, 15) is 0 Å². The molecule has 0 saturated carbocycles. The molecule has 1 saturated heterocycles. The molecule has 106 valence electrons. The minimum Gasteiger partial charge on any atom is -0.383 e. The molecule has 1 aliphatic heterocycles. The number of hydrogen-bond donors (Lipinski definition) is 1. The number of methoxy groups -OCH3 is 1. The van der Waals surface area contributed by atoms with E-state index in [-0.39, 0.29) is 0 Å². The predicted octanol–water partition coefficient (Wildman–Crippen LogP) is 3.37. The van der Waals surface area contributed by atoms with Gasteiger partial charge in [-0.1, -0.05) is 13.8 Å². The molecule has 1 aliphatic rings. The maximum absolute atomic E-state index is 5.27. The van der Waals surface area contributed by atoms with Crippen LogP contribution in [0.25, 0.3) is 0 Å². The molecule has 3 heteroatoms. The van der Waals surface area contributed by atoms with Crippen LogP contribution in [0.4, 0.5) is 11.4 Å². The summed E-state index contributed by atoms with van der Waals surface area (Å²) < 4.78 is 5.27. The summed E-state index contributed by atoms with van der Waals surface area (Å²) in [6, 6.07) is 9.16. The van der Waals surface area contributed by atoms with Gasteiger partial charge in [0.2, 0.25) is 0 Å². The van der Waals surface area contributed by atoms with Crippen LogP contribution in [0, 0.1) is 5.92 Å². The molecule has 3 nitrogen and oxygen atoms in total. The molecule has 1 unspecified atom stereocenters. The van der Waals surface area contributed by atoms with Crippen molar-refractivity contribution in [2.45, 2.75) is 32.7 Å². The average Bonchev–Trinajstić information content (AvgIpc) is 2.93. The number of nitrogens with one attached hydrogen (secondary N) is 1. The van der Waals surface area contributed by atoms with Crippen molar-refractivity contribution in [2.24, 2.45) is 5.92 Å². The summed E-state index contributed by atoms with van der Waals surface area (Å²) in [7, 11) is 1.76. The van der Waals surface area contributed by atoms with Crippen molar-refractivity contribution >= 4 is 11.4 Å². The van der Waals surface area contributed by atoms with Gasteiger partial charge < -0.3 is 15.0 Å². The van der Waals surface area contributed by atoms with Gasteiger partial charge in [-0.2, -0.15) is 0 Å². The van der Waals surface area contributed by atoms with Crippen LogP contribution < -0.4 is 10.2 Å². The zero-order valence-electron chi connectivity index (χ0n) is 12.4. The lowest BCUT2D eigenvalue weighted by atomic mass is 10.0. The molecular formula is C16H26N2O. The fraction of sp³-hybridized carbons (Fsp3) is 0.625. The first-order chi connectivity index (χ1) is 9.20. The molecule has 1 N–H and O–H groups in total. The first-order valence-electron chi connectivity index (χ1n) is 7.31. The van der Waals surface area contributed by atoms with E-state index in [2.05, 4.69) is 48.3 Å². The Hall–Kier alpha value is -1.22. The van der Waals surface area contributed by atoms with E-state index < -0.39 is 0 Å². The molecule has 2 rings (SSSR count). The normalized spacial score (nSPS) is 16.9. The summed E-state index contributed by atoms with van der Waals surface area (Å²) in [5.74, 6) is 0.554. The third-order valence-corrected chi connectivity index (χ3v) is 3.84. The Labute approximate surface area is 116 Å². The molecule has 1 aromatic rings. The lowest BCUT2D eigenvalue weighted by Gasteiger charge is -2.23. The molecule has 0 bridgehead atoms. The van der Waals surface area contributed by atoms with Crippen molar-refractivity contribution in [3.63, 3.8) is 0 Å². The molecule has 1 aromatic carbocycles. The van der Waals surface area contributed by atoms with Crippen LogP contribution in [0.3, 0.4) is 0 Å². The van der Waals surface area contributed by atoms with Gasteiger partial charge in [-0.05, 0) is 43.0 Å². The fourth-order valence-electron chi connectivity index (χ4n) is 2.54. The monoisotopic (exact) mass is 262 g/mol. The summed E-state index contributed by atoms with van der Waals surface area (Å²) in [6.45, 7) is 7.58. The van der Waals surface area contributed by atoms with E-state index in [4.69, 9.17) is 4.74 Å². The first kappa shape index (κ1) is 14.2. The van der Waals surface area contributed by atoms with Gasteiger partial charge in [0.1, 0.15) is 0 Å². The maximum Gasteiger partial charge on any atom is 0.0666 e. The second-order valence-corrected chi connectivity index (χ2v) is 5.69. The van der Waals surface area contributed by atoms with Crippen molar-refractivity contribution in [1.82, 2.24) is 0 Å². The van der Waals surface area contributed by atoms with E-state index in [1.165, 1.54) is 37.3 Å². The summed E-state index contributed by atoms with van der Waals surface area (Å²) >= 11 is 0. The molecule has 0 aromatic heterocycles. The quantitative estimate of drug-likeness (QED) is 0.850. The average molecular weight is 262 g/mol. The Bertz CT molecular complexity index is 369. The van der Waals surface area contributed by atoms with Crippen molar-refractivity contribution < 1.29 is 4.74 Å². The van der Waals surface area contributed by atoms with Gasteiger partial charge in [-0.3, -0.25) is 0 Å². The Morgan fingerprint density at radius 3 is 2.32 bits per heavy atom. The van der Waals surface area contributed by atoms with Gasteiger partial charge in [0.25, 0.3) is 0 Å². The summed E-state index contributed by atoms with van der Waals surface area (Å²) in [5.41, 5.74) is 2.52. The molecule has 1 atom stereocenters. The molecule has 19 heavy (non-hydrogen) atoms. The molecule has 0 amide bonds. The first-order valence-corrected chi connectivity index (χ1v) is 7.31. The summed E-state index contributed by atoms with van der Waals surface area (Å²) in [6.07, 6.45) is 2.65. The van der Waals surface area contributed by atoms with Gasteiger partial charge in [0.05, 0.1) is 12.6 Å². The number of anilines is 2. The fourth-order valence-corrected chi connectivity index (χ4v) is 2.54. The zero-order chi connectivity index (χ0) is 13.7. The number of ether oxygens (including phenoxy) is 1.